The average molecular weight is 282 g/mol. The molecule has 0 spiro atoms. The lowest BCUT2D eigenvalue weighted by molar-refractivity contribution is -0.143. The molecule has 19 heavy (non-hydrogen) atoms. The monoisotopic (exact) mass is 282 g/mol. The highest BCUT2D eigenvalue weighted by Crippen LogP contribution is 2.40. The van der Waals surface area contributed by atoms with E-state index >= 15 is 0 Å². The molecule has 0 aliphatic rings. The van der Waals surface area contributed by atoms with Crippen LogP contribution in [0.3, 0.4) is 0 Å². The molecule has 1 aromatic rings. The quantitative estimate of drug-likeness (QED) is 0.795. The molecule has 2 unspecified atom stereocenters. The van der Waals surface area contributed by atoms with Gasteiger partial charge in [-0.15, -0.1) is 0 Å². The Kier molecular flexibility index (Phi) is 6.22. The van der Waals surface area contributed by atoms with Crippen molar-refractivity contribution < 1.29 is 15.0 Å². The normalized spacial score (nSPS) is 14.3. The maximum absolute atomic E-state index is 11.5. The molecule has 0 saturated heterocycles. The van der Waals surface area contributed by atoms with Crippen molar-refractivity contribution in [3.8, 4) is 5.75 Å². The number of aromatic hydroxyl groups is 1. The lowest BCUT2D eigenvalue weighted by atomic mass is 9.88. The number of carboxylic acids is 1. The van der Waals surface area contributed by atoms with Crippen LogP contribution < -0.4 is 0 Å². The van der Waals surface area contributed by atoms with Gasteiger partial charge in [0.25, 0.3) is 0 Å². The second kappa shape index (κ2) is 7.43. The lowest BCUT2D eigenvalue weighted by Gasteiger charge is -2.27. The van der Waals surface area contributed by atoms with Crippen LogP contribution in [0.15, 0.2) is 24.3 Å². The fraction of sp³-hybridized carbons (Fsp3) is 0.533. The molecule has 2 N–H and O–H groups in total. The number of phenolic OH excluding ortho intramolecular Hbond substituents is 1. The van der Waals surface area contributed by atoms with Crippen molar-refractivity contribution in [3.63, 3.8) is 0 Å². The van der Waals surface area contributed by atoms with E-state index in [1.807, 2.05) is 19.9 Å². The largest absolute Gasteiger partial charge is 0.508 e. The second-order valence-electron chi connectivity index (χ2n) is 4.99. The van der Waals surface area contributed by atoms with E-state index in [2.05, 4.69) is 6.92 Å². The first-order valence-electron chi connectivity index (χ1n) is 6.60. The summed E-state index contributed by atoms with van der Waals surface area (Å²) in [6, 6.07) is 6.94. The Morgan fingerprint density at radius 1 is 1.37 bits per heavy atom. The van der Waals surface area contributed by atoms with Gasteiger partial charge in [-0.3, -0.25) is 4.79 Å². The molecule has 0 fully saturated rings. The Morgan fingerprint density at radius 3 is 2.53 bits per heavy atom. The van der Waals surface area contributed by atoms with Crippen molar-refractivity contribution in [2.75, 3.05) is 5.75 Å². The zero-order valence-corrected chi connectivity index (χ0v) is 12.5. The van der Waals surface area contributed by atoms with E-state index in [0.29, 0.717) is 0 Å². The van der Waals surface area contributed by atoms with E-state index in [1.165, 1.54) is 0 Å². The van der Waals surface area contributed by atoms with Crippen LogP contribution in [0.4, 0.5) is 0 Å². The third kappa shape index (κ3) is 4.46. The minimum Gasteiger partial charge on any atom is -0.508 e. The first-order chi connectivity index (χ1) is 8.97. The first kappa shape index (κ1) is 15.9. The van der Waals surface area contributed by atoms with Crippen molar-refractivity contribution in [3.05, 3.63) is 29.8 Å². The van der Waals surface area contributed by atoms with Gasteiger partial charge < -0.3 is 10.2 Å². The van der Waals surface area contributed by atoms with Gasteiger partial charge >= 0.3 is 5.97 Å². The number of benzene rings is 1. The molecule has 0 aliphatic heterocycles. The van der Waals surface area contributed by atoms with Gasteiger partial charge in [0.2, 0.25) is 0 Å². The van der Waals surface area contributed by atoms with Gasteiger partial charge in [-0.05, 0) is 35.8 Å². The van der Waals surface area contributed by atoms with Gasteiger partial charge in [0.05, 0.1) is 5.92 Å². The van der Waals surface area contributed by atoms with E-state index in [0.717, 1.165) is 17.7 Å². The molecule has 106 valence electrons. The van der Waals surface area contributed by atoms with Crippen molar-refractivity contribution in [1.82, 2.24) is 0 Å². The van der Waals surface area contributed by atoms with Crippen LogP contribution >= 0.6 is 11.8 Å². The number of carboxylic acid groups (broad SMARTS) is 1. The number of thioether (sulfide) groups is 1. The highest BCUT2D eigenvalue weighted by atomic mass is 32.2. The van der Waals surface area contributed by atoms with E-state index in [4.69, 9.17) is 0 Å². The Balaban J connectivity index is 3.08. The topological polar surface area (TPSA) is 57.5 Å². The predicted octanol–water partition coefficient (Wildman–Crippen LogP) is 3.93. The van der Waals surface area contributed by atoms with E-state index in [-0.39, 0.29) is 16.9 Å². The van der Waals surface area contributed by atoms with Gasteiger partial charge in [0.15, 0.2) is 0 Å². The zero-order chi connectivity index (χ0) is 14.4. The number of rotatable bonds is 7. The molecule has 0 saturated carbocycles. The highest BCUT2D eigenvalue weighted by Gasteiger charge is 2.32. The minimum absolute atomic E-state index is 0.0502. The molecule has 0 bridgehead atoms. The van der Waals surface area contributed by atoms with Crippen molar-refractivity contribution in [1.29, 1.82) is 0 Å². The van der Waals surface area contributed by atoms with E-state index in [1.54, 1.807) is 30.0 Å². The zero-order valence-electron chi connectivity index (χ0n) is 11.7. The number of aliphatic carboxylic acids is 1. The van der Waals surface area contributed by atoms with Crippen molar-refractivity contribution >= 4 is 17.7 Å². The smallest absolute Gasteiger partial charge is 0.308 e. The number of phenols is 1. The summed E-state index contributed by atoms with van der Waals surface area (Å²) in [6.45, 7) is 5.94. The SMILES string of the molecule is CCCSC(c1cccc(O)c1)C(C(=O)O)C(C)C. The predicted molar refractivity (Wildman–Crippen MR) is 79.6 cm³/mol. The summed E-state index contributed by atoms with van der Waals surface area (Å²) in [6.07, 6.45) is 1.00. The second-order valence-corrected chi connectivity index (χ2v) is 6.24. The Bertz CT molecular complexity index is 418. The van der Waals surface area contributed by atoms with Crippen molar-refractivity contribution in [2.45, 2.75) is 32.4 Å². The molecule has 4 heteroatoms. The summed E-state index contributed by atoms with van der Waals surface area (Å²) in [5.74, 6) is -0.0661. The number of carbonyl (C=O) groups is 1. The van der Waals surface area contributed by atoms with Gasteiger partial charge in [0, 0.05) is 5.25 Å². The minimum atomic E-state index is -0.771. The Hall–Kier alpha value is -1.16. The standard InChI is InChI=1S/C15H22O3S/c1-4-8-19-14(13(10(2)3)15(17)18)11-6-5-7-12(16)9-11/h5-7,9-10,13-14,16H,4,8H2,1-3H3,(H,17,18). The Labute approximate surface area is 119 Å². The number of hydrogen-bond acceptors (Lipinski definition) is 3. The fourth-order valence-electron chi connectivity index (χ4n) is 2.12. The van der Waals surface area contributed by atoms with Crippen LogP contribution in [0.25, 0.3) is 0 Å². The molecule has 2 atom stereocenters. The Morgan fingerprint density at radius 2 is 2.05 bits per heavy atom. The van der Waals surface area contributed by atoms with Crippen LogP contribution in [0, 0.1) is 11.8 Å². The third-order valence-electron chi connectivity index (χ3n) is 3.03. The summed E-state index contributed by atoms with van der Waals surface area (Å²) in [7, 11) is 0. The first-order valence-corrected chi connectivity index (χ1v) is 7.65. The molecule has 0 aromatic heterocycles. The molecular weight excluding hydrogens is 260 g/mol. The van der Waals surface area contributed by atoms with Crippen molar-refractivity contribution in [2.24, 2.45) is 11.8 Å². The number of hydrogen-bond donors (Lipinski definition) is 2. The van der Waals surface area contributed by atoms with Gasteiger partial charge in [0.1, 0.15) is 5.75 Å². The van der Waals surface area contributed by atoms with E-state index in [9.17, 15) is 15.0 Å². The maximum atomic E-state index is 11.5. The molecular formula is C15H22O3S. The van der Waals surface area contributed by atoms with Gasteiger partial charge in [-0.1, -0.05) is 32.9 Å². The summed E-state index contributed by atoms with van der Waals surface area (Å²) >= 11 is 1.66. The molecule has 0 amide bonds. The summed E-state index contributed by atoms with van der Waals surface area (Å²) < 4.78 is 0. The molecule has 3 nitrogen and oxygen atoms in total. The lowest BCUT2D eigenvalue weighted by Crippen LogP contribution is -2.25. The summed E-state index contributed by atoms with van der Waals surface area (Å²) in [5.41, 5.74) is 0.888. The molecule has 1 rings (SSSR count). The van der Waals surface area contributed by atoms with Crippen LogP contribution in [0.2, 0.25) is 0 Å². The molecule has 0 aliphatic carbocycles. The van der Waals surface area contributed by atoms with Crippen LogP contribution in [-0.2, 0) is 4.79 Å². The van der Waals surface area contributed by atoms with E-state index < -0.39 is 11.9 Å². The van der Waals surface area contributed by atoms with Crippen LogP contribution in [0.1, 0.15) is 38.0 Å². The molecule has 0 radical (unpaired) electrons. The van der Waals surface area contributed by atoms with Crippen LogP contribution in [-0.4, -0.2) is 21.9 Å². The average Bonchev–Trinajstić information content (AvgIpc) is 2.33. The third-order valence-corrected chi connectivity index (χ3v) is 4.60. The molecule has 0 heterocycles. The summed E-state index contributed by atoms with van der Waals surface area (Å²) in [5, 5.41) is 18.9. The van der Waals surface area contributed by atoms with Crippen LogP contribution in [0.5, 0.6) is 5.75 Å². The van der Waals surface area contributed by atoms with Gasteiger partial charge in [-0.2, -0.15) is 11.8 Å². The highest BCUT2D eigenvalue weighted by molar-refractivity contribution is 7.99. The maximum Gasteiger partial charge on any atom is 0.308 e. The fourth-order valence-corrected chi connectivity index (χ4v) is 3.58. The summed E-state index contributed by atoms with van der Waals surface area (Å²) in [4.78, 5) is 11.5. The van der Waals surface area contributed by atoms with Gasteiger partial charge in [-0.25, -0.2) is 0 Å². The molecule has 1 aromatic carbocycles.